The molecule has 2 N–H and O–H groups in total. The number of nitrogens with one attached hydrogen (secondary N) is 1. The summed E-state index contributed by atoms with van der Waals surface area (Å²) in [6.07, 6.45) is 2.02. The van der Waals surface area contributed by atoms with Crippen LogP contribution in [0.3, 0.4) is 0 Å². The Balaban J connectivity index is 0.000000606. The van der Waals surface area contributed by atoms with Crippen molar-refractivity contribution < 1.29 is 5.11 Å². The number of fused-ring (bicyclic) bond motifs is 1. The van der Waals surface area contributed by atoms with Gasteiger partial charge in [-0.25, -0.2) is 0 Å². The molecule has 1 aromatic heterocycles. The van der Waals surface area contributed by atoms with Crippen LogP contribution in [0, 0.1) is 0 Å². The lowest BCUT2D eigenvalue weighted by Crippen LogP contribution is -2.09. The smallest absolute Gasteiger partial charge is 0.116 e. The molecule has 88 valence electrons. The van der Waals surface area contributed by atoms with E-state index in [-0.39, 0.29) is 5.41 Å². The van der Waals surface area contributed by atoms with E-state index in [2.05, 4.69) is 25.8 Å². The van der Waals surface area contributed by atoms with E-state index in [1.54, 1.807) is 6.07 Å². The second-order valence-corrected chi connectivity index (χ2v) is 4.68. The summed E-state index contributed by atoms with van der Waals surface area (Å²) in [5.74, 6) is 0.322. The van der Waals surface area contributed by atoms with E-state index in [9.17, 15) is 5.11 Å². The quantitative estimate of drug-likeness (QED) is 0.684. The van der Waals surface area contributed by atoms with Crippen LogP contribution in [-0.2, 0) is 5.41 Å². The summed E-state index contributed by atoms with van der Waals surface area (Å²) in [5, 5.41) is 10.5. The van der Waals surface area contributed by atoms with Crippen LogP contribution in [0.1, 0.15) is 40.2 Å². The molecule has 1 heterocycles. The van der Waals surface area contributed by atoms with Crippen molar-refractivity contribution in [2.24, 2.45) is 0 Å². The van der Waals surface area contributed by atoms with Crippen molar-refractivity contribution in [3.05, 3.63) is 30.0 Å². The van der Waals surface area contributed by atoms with Crippen molar-refractivity contribution in [3.8, 4) is 5.75 Å². The lowest BCUT2D eigenvalue weighted by atomic mass is 9.87. The van der Waals surface area contributed by atoms with Gasteiger partial charge in [-0.2, -0.15) is 0 Å². The highest BCUT2D eigenvalue weighted by Crippen LogP contribution is 2.31. The van der Waals surface area contributed by atoms with Gasteiger partial charge in [-0.05, 0) is 29.2 Å². The zero-order valence-electron chi connectivity index (χ0n) is 10.8. The van der Waals surface area contributed by atoms with E-state index in [1.807, 2.05) is 32.2 Å². The molecule has 2 heteroatoms. The summed E-state index contributed by atoms with van der Waals surface area (Å²) in [6.45, 7) is 10.5. The Hall–Kier alpha value is -1.44. The summed E-state index contributed by atoms with van der Waals surface area (Å²) in [5.41, 5.74) is 2.42. The lowest BCUT2D eigenvalue weighted by molar-refractivity contribution is 0.476. The molecule has 0 aliphatic rings. The molecule has 0 aliphatic heterocycles. The maximum atomic E-state index is 9.42. The molecule has 2 nitrogen and oxygen atoms in total. The third kappa shape index (κ3) is 2.38. The van der Waals surface area contributed by atoms with Crippen LogP contribution < -0.4 is 0 Å². The molecular formula is C14H21NO. The molecule has 2 rings (SSSR count). The van der Waals surface area contributed by atoms with Gasteiger partial charge >= 0.3 is 0 Å². The van der Waals surface area contributed by atoms with Crippen molar-refractivity contribution >= 4 is 10.9 Å². The van der Waals surface area contributed by atoms with Crippen LogP contribution in [0.4, 0.5) is 0 Å². The van der Waals surface area contributed by atoms with Crippen LogP contribution in [0.15, 0.2) is 24.4 Å². The van der Waals surface area contributed by atoms with Crippen LogP contribution >= 0.6 is 0 Å². The summed E-state index contributed by atoms with van der Waals surface area (Å²) in [6, 6.07) is 5.41. The summed E-state index contributed by atoms with van der Waals surface area (Å²) >= 11 is 0. The monoisotopic (exact) mass is 219 g/mol. The fraction of sp³-hybridized carbons (Fsp3) is 0.429. The molecule has 0 spiro atoms. The Morgan fingerprint density at radius 1 is 1.12 bits per heavy atom. The van der Waals surface area contributed by atoms with Gasteiger partial charge in [-0.15, -0.1) is 0 Å². The van der Waals surface area contributed by atoms with Gasteiger partial charge in [0.2, 0.25) is 0 Å². The minimum absolute atomic E-state index is 0.103. The van der Waals surface area contributed by atoms with Gasteiger partial charge in [0.25, 0.3) is 0 Å². The number of phenols is 1. The molecule has 0 atom stereocenters. The SMILES string of the molecule is CC.CC(C)(C)c1c[nH]c2ccc(O)cc12. The Morgan fingerprint density at radius 3 is 2.31 bits per heavy atom. The van der Waals surface area contributed by atoms with E-state index in [1.165, 1.54) is 5.56 Å². The number of benzene rings is 1. The first-order valence-corrected chi connectivity index (χ1v) is 5.79. The molecule has 0 amide bonds. The van der Waals surface area contributed by atoms with Gasteiger partial charge in [-0.1, -0.05) is 34.6 Å². The summed E-state index contributed by atoms with van der Waals surface area (Å²) < 4.78 is 0. The summed E-state index contributed by atoms with van der Waals surface area (Å²) in [7, 11) is 0. The number of aromatic hydroxyl groups is 1. The second-order valence-electron chi connectivity index (χ2n) is 4.68. The second kappa shape index (κ2) is 4.60. The predicted molar refractivity (Wildman–Crippen MR) is 70.0 cm³/mol. The van der Waals surface area contributed by atoms with Gasteiger partial charge in [0.05, 0.1) is 0 Å². The molecule has 0 fully saturated rings. The third-order valence-electron chi connectivity index (χ3n) is 2.47. The number of aromatic nitrogens is 1. The first-order chi connectivity index (χ1) is 7.48. The third-order valence-corrected chi connectivity index (χ3v) is 2.47. The number of hydrogen-bond acceptors (Lipinski definition) is 1. The van der Waals surface area contributed by atoms with E-state index in [0.717, 1.165) is 10.9 Å². The minimum atomic E-state index is 0.103. The van der Waals surface area contributed by atoms with E-state index in [0.29, 0.717) is 5.75 Å². The number of H-pyrrole nitrogens is 1. The first-order valence-electron chi connectivity index (χ1n) is 5.79. The number of rotatable bonds is 0. The predicted octanol–water partition coefficient (Wildman–Crippen LogP) is 4.20. The van der Waals surface area contributed by atoms with Crippen LogP contribution in [0.2, 0.25) is 0 Å². The largest absolute Gasteiger partial charge is 0.508 e. The van der Waals surface area contributed by atoms with Gasteiger partial charge in [0.15, 0.2) is 0 Å². The zero-order valence-corrected chi connectivity index (χ0v) is 10.8. The van der Waals surface area contributed by atoms with Gasteiger partial charge in [0.1, 0.15) is 5.75 Å². The van der Waals surface area contributed by atoms with Crippen molar-refractivity contribution in [1.29, 1.82) is 0 Å². The maximum Gasteiger partial charge on any atom is 0.116 e. The van der Waals surface area contributed by atoms with Crippen molar-refractivity contribution in [1.82, 2.24) is 4.98 Å². The average Bonchev–Trinajstić information content (AvgIpc) is 2.63. The average molecular weight is 219 g/mol. The van der Waals surface area contributed by atoms with Crippen LogP contribution in [0.5, 0.6) is 5.75 Å². The molecule has 0 bridgehead atoms. The van der Waals surface area contributed by atoms with Gasteiger partial charge in [0, 0.05) is 17.1 Å². The maximum absolute atomic E-state index is 9.42. The van der Waals surface area contributed by atoms with Crippen LogP contribution in [-0.4, -0.2) is 10.1 Å². The lowest BCUT2D eigenvalue weighted by Gasteiger charge is -2.17. The Bertz CT molecular complexity index is 463. The van der Waals surface area contributed by atoms with Crippen LogP contribution in [0.25, 0.3) is 10.9 Å². The number of phenolic OH excluding ortho intramolecular Hbond substituents is 1. The molecule has 2 aromatic rings. The molecule has 0 radical (unpaired) electrons. The van der Waals surface area contributed by atoms with Gasteiger partial charge in [-0.3, -0.25) is 0 Å². The molecule has 0 saturated carbocycles. The molecule has 0 saturated heterocycles. The van der Waals surface area contributed by atoms with E-state index < -0.39 is 0 Å². The molecule has 16 heavy (non-hydrogen) atoms. The zero-order chi connectivity index (χ0) is 12.3. The highest BCUT2D eigenvalue weighted by atomic mass is 16.3. The standard InChI is InChI=1S/C12H15NO.C2H6/c1-12(2,3)10-7-13-11-5-4-8(14)6-9(10)11;1-2/h4-7,13-14H,1-3H3;1-2H3. The molecular weight excluding hydrogens is 198 g/mol. The first kappa shape index (κ1) is 12.6. The van der Waals surface area contributed by atoms with E-state index in [4.69, 9.17) is 0 Å². The topological polar surface area (TPSA) is 36.0 Å². The fourth-order valence-corrected chi connectivity index (χ4v) is 1.73. The normalized spacial score (nSPS) is 11.1. The molecule has 0 unspecified atom stereocenters. The van der Waals surface area contributed by atoms with E-state index >= 15 is 0 Å². The minimum Gasteiger partial charge on any atom is -0.508 e. The highest BCUT2D eigenvalue weighted by Gasteiger charge is 2.17. The Kier molecular flexibility index (Phi) is 3.63. The van der Waals surface area contributed by atoms with Gasteiger partial charge < -0.3 is 10.1 Å². The Labute approximate surface area is 97.3 Å². The van der Waals surface area contributed by atoms with Crippen molar-refractivity contribution in [3.63, 3.8) is 0 Å². The van der Waals surface area contributed by atoms with Crippen molar-refractivity contribution in [2.45, 2.75) is 40.0 Å². The Morgan fingerprint density at radius 2 is 1.75 bits per heavy atom. The number of hydrogen-bond donors (Lipinski definition) is 2. The number of aromatic amines is 1. The molecule has 0 aliphatic carbocycles. The van der Waals surface area contributed by atoms with Crippen molar-refractivity contribution in [2.75, 3.05) is 0 Å². The molecule has 1 aromatic carbocycles. The fourth-order valence-electron chi connectivity index (χ4n) is 1.73. The highest BCUT2D eigenvalue weighted by molar-refractivity contribution is 5.85. The summed E-state index contributed by atoms with van der Waals surface area (Å²) in [4.78, 5) is 3.21.